The predicted molar refractivity (Wildman–Crippen MR) is 64.0 cm³/mol. The molecule has 1 heterocycles. The molecule has 1 aromatic heterocycles. The van der Waals surface area contributed by atoms with Crippen LogP contribution in [0.5, 0.6) is 0 Å². The fraction of sp³-hybridized carbons (Fsp3) is 0.333. The SMILES string of the molecule is Cc1cccc2cc(CN(C)C)sc12. The summed E-state index contributed by atoms with van der Waals surface area (Å²) in [5.41, 5.74) is 1.39. The lowest BCUT2D eigenvalue weighted by atomic mass is 10.2. The standard InChI is InChI=1S/C12H15NS/c1-9-5-4-6-10-7-11(8-13(2)3)14-12(9)10/h4-7H,8H2,1-3H3. The Labute approximate surface area is 89.0 Å². The van der Waals surface area contributed by atoms with E-state index >= 15 is 0 Å². The molecule has 2 aromatic rings. The molecule has 0 atom stereocenters. The van der Waals surface area contributed by atoms with E-state index in [1.807, 2.05) is 11.3 Å². The minimum Gasteiger partial charge on any atom is -0.304 e. The van der Waals surface area contributed by atoms with Gasteiger partial charge in [-0.1, -0.05) is 18.2 Å². The Morgan fingerprint density at radius 2 is 2.07 bits per heavy atom. The minimum atomic E-state index is 1.04. The minimum absolute atomic E-state index is 1.04. The number of benzene rings is 1. The van der Waals surface area contributed by atoms with Crippen molar-refractivity contribution >= 4 is 21.4 Å². The third-order valence-corrected chi connectivity index (χ3v) is 3.54. The third-order valence-electron chi connectivity index (χ3n) is 2.26. The maximum Gasteiger partial charge on any atom is 0.0375 e. The zero-order valence-electron chi connectivity index (χ0n) is 8.87. The number of rotatable bonds is 2. The normalized spacial score (nSPS) is 11.4. The van der Waals surface area contributed by atoms with Crippen LogP contribution in [0.3, 0.4) is 0 Å². The Bertz CT molecular complexity index is 443. The van der Waals surface area contributed by atoms with E-state index < -0.39 is 0 Å². The fourth-order valence-corrected chi connectivity index (χ4v) is 2.90. The van der Waals surface area contributed by atoms with Gasteiger partial charge in [-0.2, -0.15) is 0 Å². The molecule has 0 fully saturated rings. The molecule has 0 spiro atoms. The summed E-state index contributed by atoms with van der Waals surface area (Å²) >= 11 is 1.91. The van der Waals surface area contributed by atoms with Crippen LogP contribution in [-0.4, -0.2) is 19.0 Å². The first-order valence-corrected chi connectivity index (χ1v) is 5.61. The molecule has 74 valence electrons. The van der Waals surface area contributed by atoms with Gasteiger partial charge in [-0.3, -0.25) is 0 Å². The van der Waals surface area contributed by atoms with Gasteiger partial charge in [0, 0.05) is 16.1 Å². The van der Waals surface area contributed by atoms with Crippen molar-refractivity contribution in [3.05, 3.63) is 34.7 Å². The smallest absolute Gasteiger partial charge is 0.0375 e. The molecule has 0 unspecified atom stereocenters. The molecule has 14 heavy (non-hydrogen) atoms. The summed E-state index contributed by atoms with van der Waals surface area (Å²) in [6.45, 7) is 3.22. The first kappa shape index (κ1) is 9.69. The summed E-state index contributed by atoms with van der Waals surface area (Å²) in [5.74, 6) is 0. The number of aryl methyl sites for hydroxylation is 1. The lowest BCUT2D eigenvalue weighted by Crippen LogP contribution is -2.09. The number of hydrogen-bond donors (Lipinski definition) is 0. The van der Waals surface area contributed by atoms with E-state index in [0.29, 0.717) is 0 Å². The van der Waals surface area contributed by atoms with Crippen molar-refractivity contribution in [2.45, 2.75) is 13.5 Å². The van der Waals surface area contributed by atoms with Gasteiger partial charge in [0.25, 0.3) is 0 Å². The highest BCUT2D eigenvalue weighted by molar-refractivity contribution is 7.19. The lowest BCUT2D eigenvalue weighted by Gasteiger charge is -2.05. The van der Waals surface area contributed by atoms with Gasteiger partial charge in [0.15, 0.2) is 0 Å². The van der Waals surface area contributed by atoms with Crippen LogP contribution in [-0.2, 0) is 6.54 Å². The molecule has 0 saturated carbocycles. The Hall–Kier alpha value is -0.860. The van der Waals surface area contributed by atoms with Crippen molar-refractivity contribution in [1.82, 2.24) is 4.90 Å². The summed E-state index contributed by atoms with van der Waals surface area (Å²) < 4.78 is 1.43. The molecule has 0 N–H and O–H groups in total. The highest BCUT2D eigenvalue weighted by Crippen LogP contribution is 2.28. The average molecular weight is 205 g/mol. The highest BCUT2D eigenvalue weighted by atomic mass is 32.1. The van der Waals surface area contributed by atoms with Gasteiger partial charge in [-0.25, -0.2) is 0 Å². The first-order chi connectivity index (χ1) is 6.66. The van der Waals surface area contributed by atoms with E-state index in [1.165, 1.54) is 20.5 Å². The van der Waals surface area contributed by atoms with E-state index in [0.717, 1.165) is 6.54 Å². The van der Waals surface area contributed by atoms with Crippen LogP contribution in [0.15, 0.2) is 24.3 Å². The second kappa shape index (κ2) is 3.71. The van der Waals surface area contributed by atoms with Crippen molar-refractivity contribution in [3.63, 3.8) is 0 Å². The molecule has 0 aliphatic rings. The van der Waals surface area contributed by atoms with Gasteiger partial charge in [-0.05, 0) is 38.0 Å². The number of hydrogen-bond acceptors (Lipinski definition) is 2. The van der Waals surface area contributed by atoms with Gasteiger partial charge in [0.05, 0.1) is 0 Å². The molecule has 0 bridgehead atoms. The Morgan fingerprint density at radius 1 is 1.29 bits per heavy atom. The molecule has 2 rings (SSSR count). The van der Waals surface area contributed by atoms with Crippen molar-refractivity contribution in [2.24, 2.45) is 0 Å². The van der Waals surface area contributed by atoms with E-state index in [4.69, 9.17) is 0 Å². The van der Waals surface area contributed by atoms with Crippen LogP contribution < -0.4 is 0 Å². The Kier molecular flexibility index (Phi) is 2.57. The quantitative estimate of drug-likeness (QED) is 0.727. The molecule has 1 nitrogen and oxygen atoms in total. The fourth-order valence-electron chi connectivity index (χ4n) is 1.65. The van der Waals surface area contributed by atoms with E-state index in [-0.39, 0.29) is 0 Å². The van der Waals surface area contributed by atoms with Crippen molar-refractivity contribution in [3.8, 4) is 0 Å². The van der Waals surface area contributed by atoms with Crippen LogP contribution in [0.1, 0.15) is 10.4 Å². The topological polar surface area (TPSA) is 3.24 Å². The van der Waals surface area contributed by atoms with Crippen LogP contribution >= 0.6 is 11.3 Å². The molecular formula is C12H15NS. The molecule has 1 aromatic carbocycles. The summed E-state index contributed by atoms with van der Waals surface area (Å²) in [7, 11) is 4.22. The van der Waals surface area contributed by atoms with E-state index in [9.17, 15) is 0 Å². The Balaban J connectivity index is 2.46. The van der Waals surface area contributed by atoms with E-state index in [1.54, 1.807) is 0 Å². The number of fused-ring (bicyclic) bond motifs is 1. The highest BCUT2D eigenvalue weighted by Gasteiger charge is 2.03. The Morgan fingerprint density at radius 3 is 2.71 bits per heavy atom. The van der Waals surface area contributed by atoms with Crippen LogP contribution in [0, 0.1) is 6.92 Å². The van der Waals surface area contributed by atoms with Gasteiger partial charge >= 0.3 is 0 Å². The van der Waals surface area contributed by atoms with Gasteiger partial charge < -0.3 is 4.90 Å². The van der Waals surface area contributed by atoms with Crippen molar-refractivity contribution < 1.29 is 0 Å². The van der Waals surface area contributed by atoms with E-state index in [2.05, 4.69) is 50.2 Å². The molecule has 2 heteroatoms. The molecule has 0 amide bonds. The molecule has 0 aliphatic heterocycles. The molecule has 0 radical (unpaired) electrons. The monoisotopic (exact) mass is 205 g/mol. The maximum absolute atomic E-state index is 2.30. The predicted octanol–water partition coefficient (Wildman–Crippen LogP) is 3.27. The zero-order valence-corrected chi connectivity index (χ0v) is 9.69. The number of thiophene rings is 1. The summed E-state index contributed by atoms with van der Waals surface area (Å²) in [5, 5.41) is 1.38. The summed E-state index contributed by atoms with van der Waals surface area (Å²) in [4.78, 5) is 3.65. The van der Waals surface area contributed by atoms with Gasteiger partial charge in [-0.15, -0.1) is 11.3 Å². The molecule has 0 aliphatic carbocycles. The molecule has 0 saturated heterocycles. The summed E-state index contributed by atoms with van der Waals surface area (Å²) in [6, 6.07) is 8.80. The largest absolute Gasteiger partial charge is 0.304 e. The van der Waals surface area contributed by atoms with Crippen LogP contribution in [0.25, 0.3) is 10.1 Å². The molecular weight excluding hydrogens is 190 g/mol. The van der Waals surface area contributed by atoms with Crippen LogP contribution in [0.4, 0.5) is 0 Å². The first-order valence-electron chi connectivity index (χ1n) is 4.79. The van der Waals surface area contributed by atoms with Crippen molar-refractivity contribution in [2.75, 3.05) is 14.1 Å². The van der Waals surface area contributed by atoms with Gasteiger partial charge in [0.2, 0.25) is 0 Å². The summed E-state index contributed by atoms with van der Waals surface area (Å²) in [6.07, 6.45) is 0. The maximum atomic E-state index is 2.30. The second-order valence-corrected chi connectivity index (χ2v) is 5.08. The third kappa shape index (κ3) is 1.81. The lowest BCUT2D eigenvalue weighted by molar-refractivity contribution is 0.406. The number of nitrogens with zero attached hydrogens (tertiary/aromatic N) is 1. The average Bonchev–Trinajstić information content (AvgIpc) is 2.47. The zero-order chi connectivity index (χ0) is 10.1. The van der Waals surface area contributed by atoms with Crippen LogP contribution in [0.2, 0.25) is 0 Å². The van der Waals surface area contributed by atoms with Gasteiger partial charge in [0.1, 0.15) is 0 Å². The second-order valence-electron chi connectivity index (χ2n) is 3.94. The van der Waals surface area contributed by atoms with Crippen molar-refractivity contribution in [1.29, 1.82) is 0 Å².